The highest BCUT2D eigenvalue weighted by atomic mass is 16.5. The number of hydrogen-bond acceptors (Lipinski definition) is 6. The van der Waals surface area contributed by atoms with Crippen LogP contribution in [0.15, 0.2) is 42.9 Å². The van der Waals surface area contributed by atoms with Crippen molar-refractivity contribution in [3.05, 3.63) is 54.2 Å². The smallest absolute Gasteiger partial charge is 0.163 e. The van der Waals surface area contributed by atoms with Crippen LogP contribution in [0.3, 0.4) is 0 Å². The lowest BCUT2D eigenvalue weighted by Gasteiger charge is -2.19. The molecular formula is C17H20N6O. The van der Waals surface area contributed by atoms with Gasteiger partial charge in [-0.3, -0.25) is 9.67 Å². The SMILES string of the molecule is COC[C@H](Nc1cc(C)nc(-c2cccnc2)n1)c1ccnn1C. The van der Waals surface area contributed by atoms with Crippen molar-refractivity contribution in [3.63, 3.8) is 0 Å². The highest BCUT2D eigenvalue weighted by Crippen LogP contribution is 2.21. The lowest BCUT2D eigenvalue weighted by Crippen LogP contribution is -2.20. The van der Waals surface area contributed by atoms with Gasteiger partial charge in [0.25, 0.3) is 0 Å². The zero-order valence-electron chi connectivity index (χ0n) is 14.0. The van der Waals surface area contributed by atoms with Crippen LogP contribution >= 0.6 is 0 Å². The van der Waals surface area contributed by atoms with E-state index in [0.717, 1.165) is 22.8 Å². The molecule has 3 rings (SSSR count). The zero-order valence-corrected chi connectivity index (χ0v) is 14.0. The largest absolute Gasteiger partial charge is 0.382 e. The first kappa shape index (κ1) is 16.1. The zero-order chi connectivity index (χ0) is 16.9. The van der Waals surface area contributed by atoms with Gasteiger partial charge in [0.1, 0.15) is 5.82 Å². The Morgan fingerprint density at radius 2 is 2.12 bits per heavy atom. The molecule has 3 heterocycles. The first-order valence-corrected chi connectivity index (χ1v) is 7.67. The molecule has 0 aliphatic heterocycles. The molecule has 24 heavy (non-hydrogen) atoms. The predicted octanol–water partition coefficient (Wildman–Crippen LogP) is 2.38. The van der Waals surface area contributed by atoms with Crippen molar-refractivity contribution < 1.29 is 4.74 Å². The summed E-state index contributed by atoms with van der Waals surface area (Å²) in [6, 6.07) is 7.64. The highest BCUT2D eigenvalue weighted by molar-refractivity contribution is 5.56. The number of rotatable bonds is 6. The van der Waals surface area contributed by atoms with Crippen LogP contribution in [0.25, 0.3) is 11.4 Å². The second-order valence-corrected chi connectivity index (χ2v) is 5.49. The van der Waals surface area contributed by atoms with Crippen molar-refractivity contribution in [2.24, 2.45) is 7.05 Å². The molecule has 7 nitrogen and oxygen atoms in total. The fourth-order valence-electron chi connectivity index (χ4n) is 2.54. The number of pyridine rings is 1. The monoisotopic (exact) mass is 324 g/mol. The maximum Gasteiger partial charge on any atom is 0.163 e. The molecule has 7 heteroatoms. The molecule has 0 saturated heterocycles. The van der Waals surface area contributed by atoms with Gasteiger partial charge in [0.2, 0.25) is 0 Å². The van der Waals surface area contributed by atoms with Gasteiger partial charge >= 0.3 is 0 Å². The van der Waals surface area contributed by atoms with Crippen LogP contribution in [0, 0.1) is 6.92 Å². The van der Waals surface area contributed by atoms with E-state index in [1.165, 1.54) is 0 Å². The van der Waals surface area contributed by atoms with Crippen molar-refractivity contribution >= 4 is 5.82 Å². The summed E-state index contributed by atoms with van der Waals surface area (Å²) in [6.07, 6.45) is 5.26. The van der Waals surface area contributed by atoms with Gasteiger partial charge in [-0.05, 0) is 25.1 Å². The molecule has 3 aromatic heterocycles. The molecule has 0 aliphatic rings. The van der Waals surface area contributed by atoms with Crippen LogP contribution in [0.2, 0.25) is 0 Å². The van der Waals surface area contributed by atoms with Crippen LogP contribution in [0.4, 0.5) is 5.82 Å². The van der Waals surface area contributed by atoms with Gasteiger partial charge < -0.3 is 10.1 Å². The number of anilines is 1. The molecule has 124 valence electrons. The Morgan fingerprint density at radius 1 is 1.25 bits per heavy atom. The van der Waals surface area contributed by atoms with Crippen LogP contribution in [-0.4, -0.2) is 38.4 Å². The summed E-state index contributed by atoms with van der Waals surface area (Å²) in [4.78, 5) is 13.2. The minimum atomic E-state index is -0.0569. The third kappa shape index (κ3) is 3.57. The van der Waals surface area contributed by atoms with Crippen molar-refractivity contribution in [1.82, 2.24) is 24.7 Å². The van der Waals surface area contributed by atoms with E-state index in [1.54, 1.807) is 25.7 Å². The van der Waals surface area contributed by atoms with Crippen LogP contribution < -0.4 is 5.32 Å². The Morgan fingerprint density at radius 3 is 2.79 bits per heavy atom. The molecule has 0 saturated carbocycles. The molecule has 0 fully saturated rings. The van der Waals surface area contributed by atoms with Gasteiger partial charge in [0.15, 0.2) is 5.82 Å². The van der Waals surface area contributed by atoms with Crippen LogP contribution in [-0.2, 0) is 11.8 Å². The first-order chi connectivity index (χ1) is 11.7. The third-order valence-corrected chi connectivity index (χ3v) is 3.65. The molecule has 0 bridgehead atoms. The fourth-order valence-corrected chi connectivity index (χ4v) is 2.54. The van der Waals surface area contributed by atoms with Crippen molar-refractivity contribution in [1.29, 1.82) is 0 Å². The van der Waals surface area contributed by atoms with Gasteiger partial charge in [0, 0.05) is 50.1 Å². The molecule has 0 radical (unpaired) electrons. The minimum Gasteiger partial charge on any atom is -0.382 e. The normalized spacial score (nSPS) is 12.1. The van der Waals surface area contributed by atoms with Crippen LogP contribution in [0.5, 0.6) is 0 Å². The average molecular weight is 324 g/mol. The van der Waals surface area contributed by atoms with E-state index >= 15 is 0 Å². The quantitative estimate of drug-likeness (QED) is 0.750. The summed E-state index contributed by atoms with van der Waals surface area (Å²) in [7, 11) is 3.59. The minimum absolute atomic E-state index is 0.0569. The molecule has 1 atom stereocenters. The number of aryl methyl sites for hydroxylation is 2. The van der Waals surface area contributed by atoms with Crippen molar-refractivity contribution in [3.8, 4) is 11.4 Å². The Kier molecular flexibility index (Phi) is 4.81. The lowest BCUT2D eigenvalue weighted by molar-refractivity contribution is 0.184. The summed E-state index contributed by atoms with van der Waals surface area (Å²) < 4.78 is 7.17. The second-order valence-electron chi connectivity index (χ2n) is 5.49. The van der Waals surface area contributed by atoms with E-state index < -0.39 is 0 Å². The number of aromatic nitrogens is 5. The highest BCUT2D eigenvalue weighted by Gasteiger charge is 2.16. The molecule has 0 amide bonds. The summed E-state index contributed by atoms with van der Waals surface area (Å²) in [6.45, 7) is 2.45. The number of hydrogen-bond donors (Lipinski definition) is 1. The van der Waals surface area contributed by atoms with Gasteiger partial charge in [-0.25, -0.2) is 9.97 Å². The average Bonchev–Trinajstić information content (AvgIpc) is 3.01. The molecule has 0 spiro atoms. The van der Waals surface area contributed by atoms with Crippen molar-refractivity contribution in [2.45, 2.75) is 13.0 Å². The van der Waals surface area contributed by atoms with Crippen LogP contribution in [0.1, 0.15) is 17.4 Å². The number of methoxy groups -OCH3 is 1. The van der Waals surface area contributed by atoms with Gasteiger partial charge in [-0.1, -0.05) is 0 Å². The summed E-state index contributed by atoms with van der Waals surface area (Å²) in [5.74, 6) is 1.39. The molecule has 0 unspecified atom stereocenters. The Bertz CT molecular complexity index is 802. The van der Waals surface area contributed by atoms with E-state index in [9.17, 15) is 0 Å². The summed E-state index contributed by atoms with van der Waals surface area (Å²) in [5, 5.41) is 7.64. The molecule has 0 aromatic carbocycles. The Balaban J connectivity index is 1.91. The number of nitrogens with one attached hydrogen (secondary N) is 1. The van der Waals surface area contributed by atoms with E-state index in [2.05, 4.69) is 25.4 Å². The topological polar surface area (TPSA) is 77.8 Å². The van der Waals surface area contributed by atoms with E-state index in [0.29, 0.717) is 12.4 Å². The number of ether oxygens (including phenoxy) is 1. The van der Waals surface area contributed by atoms with E-state index in [1.807, 2.05) is 42.9 Å². The molecule has 1 N–H and O–H groups in total. The molecule has 0 aliphatic carbocycles. The fraction of sp³-hybridized carbons (Fsp3) is 0.294. The third-order valence-electron chi connectivity index (χ3n) is 3.65. The first-order valence-electron chi connectivity index (χ1n) is 7.67. The second kappa shape index (κ2) is 7.18. The van der Waals surface area contributed by atoms with E-state index in [4.69, 9.17) is 4.74 Å². The lowest BCUT2D eigenvalue weighted by atomic mass is 10.2. The summed E-state index contributed by atoms with van der Waals surface area (Å²) >= 11 is 0. The predicted molar refractivity (Wildman–Crippen MR) is 91.4 cm³/mol. The maximum atomic E-state index is 5.34. The molecular weight excluding hydrogens is 304 g/mol. The maximum absolute atomic E-state index is 5.34. The van der Waals surface area contributed by atoms with Crippen molar-refractivity contribution in [2.75, 3.05) is 19.0 Å². The Hall–Kier alpha value is -2.80. The van der Waals surface area contributed by atoms with Gasteiger partial charge in [-0.2, -0.15) is 5.10 Å². The molecule has 3 aromatic rings. The van der Waals surface area contributed by atoms with E-state index in [-0.39, 0.29) is 6.04 Å². The standard InChI is InChI=1S/C17H20N6O/c1-12-9-16(22-17(20-12)13-5-4-7-18-10-13)21-14(11-24-3)15-6-8-19-23(15)2/h4-10,14H,11H2,1-3H3,(H,20,21,22)/t14-/m0/s1. The Labute approximate surface area is 140 Å². The number of nitrogens with zero attached hydrogens (tertiary/aromatic N) is 5. The van der Waals surface area contributed by atoms with Gasteiger partial charge in [-0.15, -0.1) is 0 Å². The van der Waals surface area contributed by atoms with Gasteiger partial charge in [0.05, 0.1) is 18.3 Å². The summed E-state index contributed by atoms with van der Waals surface area (Å²) in [5.41, 5.74) is 2.79.